The maximum atomic E-state index is 12.1. The van der Waals surface area contributed by atoms with E-state index in [1.807, 2.05) is 4.90 Å². The molecule has 0 radical (unpaired) electrons. The van der Waals surface area contributed by atoms with Gasteiger partial charge in [0, 0.05) is 12.6 Å². The van der Waals surface area contributed by atoms with Gasteiger partial charge in [0.25, 0.3) is 0 Å². The molecule has 0 bridgehead atoms. The third-order valence-electron chi connectivity index (χ3n) is 3.31. The summed E-state index contributed by atoms with van der Waals surface area (Å²) in [6, 6.07) is 0.181. The normalized spacial score (nSPS) is 19.1. The molecule has 1 fully saturated rings. The zero-order valence-corrected chi connectivity index (χ0v) is 10.0. The second kappa shape index (κ2) is 6.11. The Morgan fingerprint density at radius 3 is 2.47 bits per heavy atom. The molecule has 3 nitrogen and oxygen atoms in total. The van der Waals surface area contributed by atoms with Gasteiger partial charge in [0.05, 0.1) is 6.04 Å². The average Bonchev–Trinajstić information content (AvgIpc) is 2.72. The Bertz CT molecular complexity index is 200. The Balaban J connectivity index is 2.52. The standard InChI is InChI=1S/C12H24N2O/c1-3-7-11(13)12(15)14(4-2)10-8-5-6-9-10/h10-11H,3-9,13H2,1-2H3/t11-/m0/s1. The van der Waals surface area contributed by atoms with Gasteiger partial charge in [-0.15, -0.1) is 0 Å². The van der Waals surface area contributed by atoms with Crippen LogP contribution in [0.4, 0.5) is 0 Å². The summed E-state index contributed by atoms with van der Waals surface area (Å²) in [6.45, 7) is 4.93. The van der Waals surface area contributed by atoms with Crippen LogP contribution in [0.15, 0.2) is 0 Å². The Kier molecular flexibility index (Phi) is 5.09. The fourth-order valence-electron chi connectivity index (χ4n) is 2.46. The summed E-state index contributed by atoms with van der Waals surface area (Å²) in [5, 5.41) is 0. The topological polar surface area (TPSA) is 46.3 Å². The second-order valence-corrected chi connectivity index (χ2v) is 4.46. The molecule has 1 aliphatic rings. The largest absolute Gasteiger partial charge is 0.339 e. The first-order valence-corrected chi connectivity index (χ1v) is 6.26. The van der Waals surface area contributed by atoms with Gasteiger partial charge < -0.3 is 10.6 Å². The van der Waals surface area contributed by atoms with Crippen molar-refractivity contribution in [3.8, 4) is 0 Å². The molecular formula is C12H24N2O. The molecule has 1 rings (SSSR count). The van der Waals surface area contributed by atoms with Crippen LogP contribution in [0.1, 0.15) is 52.4 Å². The summed E-state index contributed by atoms with van der Waals surface area (Å²) in [6.07, 6.45) is 6.64. The lowest BCUT2D eigenvalue weighted by Crippen LogP contribution is -2.47. The molecular weight excluding hydrogens is 188 g/mol. The van der Waals surface area contributed by atoms with E-state index in [-0.39, 0.29) is 11.9 Å². The van der Waals surface area contributed by atoms with Gasteiger partial charge >= 0.3 is 0 Å². The highest BCUT2D eigenvalue weighted by Gasteiger charge is 2.27. The summed E-state index contributed by atoms with van der Waals surface area (Å²) in [7, 11) is 0. The van der Waals surface area contributed by atoms with Crippen LogP contribution in [0.2, 0.25) is 0 Å². The third kappa shape index (κ3) is 3.20. The number of rotatable bonds is 5. The van der Waals surface area contributed by atoms with E-state index in [2.05, 4.69) is 13.8 Å². The molecule has 0 heterocycles. The Hall–Kier alpha value is -0.570. The van der Waals surface area contributed by atoms with Gasteiger partial charge in [-0.25, -0.2) is 0 Å². The fraction of sp³-hybridized carbons (Fsp3) is 0.917. The predicted octanol–water partition coefficient (Wildman–Crippen LogP) is 1.90. The number of amides is 1. The van der Waals surface area contributed by atoms with Crippen molar-refractivity contribution < 1.29 is 4.79 Å². The van der Waals surface area contributed by atoms with Crippen molar-refractivity contribution in [3.05, 3.63) is 0 Å². The number of carbonyl (C=O) groups is 1. The van der Waals surface area contributed by atoms with Crippen LogP contribution in [-0.4, -0.2) is 29.4 Å². The van der Waals surface area contributed by atoms with Crippen molar-refractivity contribution in [2.75, 3.05) is 6.54 Å². The van der Waals surface area contributed by atoms with Crippen LogP contribution in [0.25, 0.3) is 0 Å². The highest BCUT2D eigenvalue weighted by atomic mass is 16.2. The molecule has 3 heteroatoms. The van der Waals surface area contributed by atoms with Gasteiger partial charge in [-0.05, 0) is 26.2 Å². The highest BCUT2D eigenvalue weighted by molar-refractivity contribution is 5.81. The van der Waals surface area contributed by atoms with Crippen LogP contribution < -0.4 is 5.73 Å². The summed E-state index contributed by atoms with van der Waals surface area (Å²) >= 11 is 0. The molecule has 0 saturated heterocycles. The molecule has 1 atom stereocenters. The number of carbonyl (C=O) groups excluding carboxylic acids is 1. The van der Waals surface area contributed by atoms with Crippen molar-refractivity contribution in [2.45, 2.75) is 64.5 Å². The van der Waals surface area contributed by atoms with E-state index in [1.54, 1.807) is 0 Å². The SMILES string of the molecule is CCC[C@H](N)C(=O)N(CC)C1CCCC1. The van der Waals surface area contributed by atoms with Gasteiger partial charge in [-0.3, -0.25) is 4.79 Å². The van der Waals surface area contributed by atoms with Gasteiger partial charge in [0.2, 0.25) is 5.91 Å². The van der Waals surface area contributed by atoms with E-state index < -0.39 is 0 Å². The fourth-order valence-corrected chi connectivity index (χ4v) is 2.46. The molecule has 1 aliphatic carbocycles. The molecule has 0 unspecified atom stereocenters. The van der Waals surface area contributed by atoms with E-state index >= 15 is 0 Å². The van der Waals surface area contributed by atoms with Crippen LogP contribution in [-0.2, 0) is 4.79 Å². The number of hydrogen-bond donors (Lipinski definition) is 1. The van der Waals surface area contributed by atoms with Crippen molar-refractivity contribution in [3.63, 3.8) is 0 Å². The van der Waals surface area contributed by atoms with E-state index in [4.69, 9.17) is 5.73 Å². The quantitative estimate of drug-likeness (QED) is 0.756. The Morgan fingerprint density at radius 2 is 2.00 bits per heavy atom. The molecule has 0 spiro atoms. The van der Waals surface area contributed by atoms with E-state index in [0.29, 0.717) is 6.04 Å². The molecule has 0 aromatic rings. The maximum absolute atomic E-state index is 12.1. The van der Waals surface area contributed by atoms with Crippen molar-refractivity contribution in [1.29, 1.82) is 0 Å². The second-order valence-electron chi connectivity index (χ2n) is 4.46. The third-order valence-corrected chi connectivity index (χ3v) is 3.31. The number of likely N-dealkylation sites (N-methyl/N-ethyl adjacent to an activating group) is 1. The Labute approximate surface area is 93.0 Å². The van der Waals surface area contributed by atoms with Gasteiger partial charge in [0.1, 0.15) is 0 Å². The number of nitrogens with two attached hydrogens (primary N) is 1. The van der Waals surface area contributed by atoms with E-state index in [9.17, 15) is 4.79 Å². The molecule has 88 valence electrons. The number of nitrogens with zero attached hydrogens (tertiary/aromatic N) is 1. The predicted molar refractivity (Wildman–Crippen MR) is 62.5 cm³/mol. The first kappa shape index (κ1) is 12.5. The van der Waals surface area contributed by atoms with Crippen LogP contribution in [0.5, 0.6) is 0 Å². The van der Waals surface area contributed by atoms with E-state index in [1.165, 1.54) is 25.7 Å². The average molecular weight is 212 g/mol. The maximum Gasteiger partial charge on any atom is 0.239 e. The van der Waals surface area contributed by atoms with Crippen LogP contribution >= 0.6 is 0 Å². The highest BCUT2D eigenvalue weighted by Crippen LogP contribution is 2.23. The summed E-state index contributed by atoms with van der Waals surface area (Å²) < 4.78 is 0. The molecule has 0 aliphatic heterocycles. The monoisotopic (exact) mass is 212 g/mol. The lowest BCUT2D eigenvalue weighted by atomic mass is 10.1. The zero-order valence-electron chi connectivity index (χ0n) is 10.0. The summed E-state index contributed by atoms with van der Waals surface area (Å²) in [5.41, 5.74) is 5.88. The minimum Gasteiger partial charge on any atom is -0.339 e. The lowest BCUT2D eigenvalue weighted by Gasteiger charge is -2.30. The first-order chi connectivity index (χ1) is 7.20. The molecule has 0 aromatic heterocycles. The van der Waals surface area contributed by atoms with Crippen molar-refractivity contribution in [2.24, 2.45) is 5.73 Å². The molecule has 1 saturated carbocycles. The van der Waals surface area contributed by atoms with Gasteiger partial charge in [-0.2, -0.15) is 0 Å². The molecule has 15 heavy (non-hydrogen) atoms. The van der Waals surface area contributed by atoms with Gasteiger partial charge in [0.15, 0.2) is 0 Å². The molecule has 1 amide bonds. The molecule has 0 aromatic carbocycles. The Morgan fingerprint density at radius 1 is 1.40 bits per heavy atom. The summed E-state index contributed by atoms with van der Waals surface area (Å²) in [5.74, 6) is 0.159. The minimum atomic E-state index is -0.282. The summed E-state index contributed by atoms with van der Waals surface area (Å²) in [4.78, 5) is 14.0. The van der Waals surface area contributed by atoms with Crippen molar-refractivity contribution in [1.82, 2.24) is 4.90 Å². The minimum absolute atomic E-state index is 0.159. The zero-order chi connectivity index (χ0) is 11.3. The first-order valence-electron chi connectivity index (χ1n) is 6.26. The van der Waals surface area contributed by atoms with Gasteiger partial charge in [-0.1, -0.05) is 26.2 Å². The smallest absolute Gasteiger partial charge is 0.239 e. The van der Waals surface area contributed by atoms with Crippen LogP contribution in [0, 0.1) is 0 Å². The van der Waals surface area contributed by atoms with Crippen LogP contribution in [0.3, 0.4) is 0 Å². The number of hydrogen-bond acceptors (Lipinski definition) is 2. The van der Waals surface area contributed by atoms with E-state index in [0.717, 1.165) is 19.4 Å². The van der Waals surface area contributed by atoms with Crippen molar-refractivity contribution >= 4 is 5.91 Å². The lowest BCUT2D eigenvalue weighted by molar-refractivity contribution is -0.134. The molecule has 2 N–H and O–H groups in total.